The van der Waals surface area contributed by atoms with E-state index in [1.807, 2.05) is 0 Å². The first-order chi connectivity index (χ1) is 8.99. The molecule has 0 aliphatic rings. The van der Waals surface area contributed by atoms with E-state index in [2.05, 4.69) is 15.9 Å². The van der Waals surface area contributed by atoms with Gasteiger partial charge in [-0.05, 0) is 40.2 Å². The maximum Gasteiger partial charge on any atom is 0.145 e. The molecule has 0 atom stereocenters. The standard InChI is InChI=1S/C13H9BrClFN2O/c14-8-2-1-3-11(12(8)13(17)18)19-7-4-5-9(15)10(16)6-7/h1-6H,(H3,17,18). The number of nitrogens with two attached hydrogens (primary N) is 1. The zero-order chi connectivity index (χ0) is 14.0. The number of nitrogen functional groups attached to an aromatic ring is 1. The number of nitrogens with one attached hydrogen (secondary N) is 1. The molecule has 2 aromatic carbocycles. The van der Waals surface area contributed by atoms with Crippen LogP contribution in [-0.2, 0) is 0 Å². The molecule has 0 aliphatic carbocycles. The van der Waals surface area contributed by atoms with Crippen molar-refractivity contribution in [1.29, 1.82) is 5.41 Å². The van der Waals surface area contributed by atoms with E-state index in [-0.39, 0.29) is 16.6 Å². The van der Waals surface area contributed by atoms with Crippen LogP contribution in [0.2, 0.25) is 5.02 Å². The molecule has 0 saturated heterocycles. The van der Waals surface area contributed by atoms with Crippen molar-refractivity contribution < 1.29 is 9.13 Å². The minimum atomic E-state index is -0.571. The second-order valence-corrected chi connectivity index (χ2v) is 4.97. The molecule has 0 radical (unpaired) electrons. The van der Waals surface area contributed by atoms with Crippen molar-refractivity contribution in [3.63, 3.8) is 0 Å². The number of halogens is 3. The lowest BCUT2D eigenvalue weighted by molar-refractivity contribution is 0.475. The van der Waals surface area contributed by atoms with E-state index in [9.17, 15) is 4.39 Å². The van der Waals surface area contributed by atoms with Gasteiger partial charge in [-0.3, -0.25) is 5.41 Å². The molecule has 0 spiro atoms. The molecule has 0 heterocycles. The number of hydrogen-bond donors (Lipinski definition) is 2. The van der Waals surface area contributed by atoms with E-state index in [4.69, 9.17) is 27.5 Å². The molecule has 2 aromatic rings. The number of hydrogen-bond acceptors (Lipinski definition) is 2. The Morgan fingerprint density at radius 1 is 1.32 bits per heavy atom. The van der Waals surface area contributed by atoms with Gasteiger partial charge in [0.15, 0.2) is 0 Å². The summed E-state index contributed by atoms with van der Waals surface area (Å²) >= 11 is 8.89. The molecule has 0 amide bonds. The third-order valence-electron chi connectivity index (χ3n) is 2.36. The van der Waals surface area contributed by atoms with E-state index < -0.39 is 5.82 Å². The average molecular weight is 344 g/mol. The van der Waals surface area contributed by atoms with Crippen LogP contribution in [0, 0.1) is 11.2 Å². The Labute approximate surface area is 122 Å². The highest BCUT2D eigenvalue weighted by Gasteiger charge is 2.12. The Bertz CT molecular complexity index is 649. The second-order valence-electron chi connectivity index (χ2n) is 3.70. The molecule has 3 nitrogen and oxygen atoms in total. The molecule has 0 saturated carbocycles. The van der Waals surface area contributed by atoms with Crippen LogP contribution in [-0.4, -0.2) is 5.84 Å². The SMILES string of the molecule is N=C(N)c1c(Br)cccc1Oc1ccc(Cl)c(F)c1. The number of amidine groups is 1. The monoisotopic (exact) mass is 342 g/mol. The van der Waals surface area contributed by atoms with Gasteiger partial charge >= 0.3 is 0 Å². The predicted molar refractivity (Wildman–Crippen MR) is 76.6 cm³/mol. The number of rotatable bonds is 3. The summed E-state index contributed by atoms with van der Waals surface area (Å²) in [7, 11) is 0. The minimum absolute atomic E-state index is 0.0217. The molecular weight excluding hydrogens is 335 g/mol. The molecular formula is C13H9BrClFN2O. The molecule has 19 heavy (non-hydrogen) atoms. The lowest BCUT2D eigenvalue weighted by Crippen LogP contribution is -2.13. The Balaban J connectivity index is 2.40. The summed E-state index contributed by atoms with van der Waals surface area (Å²) in [5.74, 6) is -0.0680. The Morgan fingerprint density at radius 3 is 2.68 bits per heavy atom. The minimum Gasteiger partial charge on any atom is -0.456 e. The van der Waals surface area contributed by atoms with Gasteiger partial charge in [0.05, 0.1) is 10.6 Å². The Hall–Kier alpha value is -1.59. The van der Waals surface area contributed by atoms with Gasteiger partial charge in [0.1, 0.15) is 23.2 Å². The Kier molecular flexibility index (Phi) is 4.07. The summed E-state index contributed by atoms with van der Waals surface area (Å²) in [5.41, 5.74) is 5.92. The van der Waals surface area contributed by atoms with Gasteiger partial charge in [0, 0.05) is 10.5 Å². The van der Waals surface area contributed by atoms with Crippen LogP contribution in [0.1, 0.15) is 5.56 Å². The van der Waals surface area contributed by atoms with Crippen molar-refractivity contribution in [2.75, 3.05) is 0 Å². The van der Waals surface area contributed by atoms with E-state index in [1.54, 1.807) is 18.2 Å². The first-order valence-electron chi connectivity index (χ1n) is 5.25. The fourth-order valence-corrected chi connectivity index (χ4v) is 2.20. The molecule has 3 N–H and O–H groups in total. The van der Waals surface area contributed by atoms with E-state index in [0.29, 0.717) is 15.8 Å². The van der Waals surface area contributed by atoms with Crippen LogP contribution in [0.3, 0.4) is 0 Å². The van der Waals surface area contributed by atoms with E-state index in [0.717, 1.165) is 0 Å². The van der Waals surface area contributed by atoms with Crippen molar-refractivity contribution in [2.24, 2.45) is 5.73 Å². The van der Waals surface area contributed by atoms with Gasteiger partial charge in [0.25, 0.3) is 0 Å². The van der Waals surface area contributed by atoms with Gasteiger partial charge in [-0.1, -0.05) is 17.7 Å². The van der Waals surface area contributed by atoms with Crippen LogP contribution in [0.25, 0.3) is 0 Å². The zero-order valence-corrected chi connectivity index (χ0v) is 11.9. The summed E-state index contributed by atoms with van der Waals surface area (Å²) in [5, 5.41) is 7.55. The lowest BCUT2D eigenvalue weighted by atomic mass is 10.2. The highest BCUT2D eigenvalue weighted by molar-refractivity contribution is 9.10. The summed E-state index contributed by atoms with van der Waals surface area (Å²) in [6, 6.07) is 9.24. The maximum atomic E-state index is 13.3. The molecule has 0 bridgehead atoms. The molecule has 0 fully saturated rings. The van der Waals surface area contributed by atoms with Crippen molar-refractivity contribution in [1.82, 2.24) is 0 Å². The summed E-state index contributed by atoms with van der Waals surface area (Å²) in [6.07, 6.45) is 0. The van der Waals surface area contributed by atoms with E-state index >= 15 is 0 Å². The van der Waals surface area contributed by atoms with Gasteiger partial charge in [-0.2, -0.15) is 0 Å². The largest absolute Gasteiger partial charge is 0.456 e. The first-order valence-corrected chi connectivity index (χ1v) is 6.42. The topological polar surface area (TPSA) is 59.1 Å². The van der Waals surface area contributed by atoms with Crippen molar-refractivity contribution >= 4 is 33.4 Å². The second kappa shape index (κ2) is 5.59. The van der Waals surface area contributed by atoms with Crippen molar-refractivity contribution in [3.05, 3.63) is 57.3 Å². The van der Waals surface area contributed by atoms with Crippen LogP contribution < -0.4 is 10.5 Å². The molecule has 0 unspecified atom stereocenters. The van der Waals surface area contributed by atoms with Crippen LogP contribution >= 0.6 is 27.5 Å². The first kappa shape index (κ1) is 13.8. The van der Waals surface area contributed by atoms with Crippen molar-refractivity contribution in [3.8, 4) is 11.5 Å². The van der Waals surface area contributed by atoms with Crippen LogP contribution in [0.15, 0.2) is 40.9 Å². The Morgan fingerprint density at radius 2 is 2.05 bits per heavy atom. The molecule has 6 heteroatoms. The fourth-order valence-electron chi connectivity index (χ4n) is 1.52. The number of ether oxygens (including phenoxy) is 1. The van der Waals surface area contributed by atoms with Crippen molar-refractivity contribution in [2.45, 2.75) is 0 Å². The maximum absolute atomic E-state index is 13.3. The molecule has 98 valence electrons. The predicted octanol–water partition coefficient (Wildman–Crippen LogP) is 4.32. The molecule has 0 aliphatic heterocycles. The lowest BCUT2D eigenvalue weighted by Gasteiger charge is -2.12. The number of benzene rings is 2. The van der Waals surface area contributed by atoms with Gasteiger partial charge in [-0.15, -0.1) is 0 Å². The quantitative estimate of drug-likeness (QED) is 0.644. The van der Waals surface area contributed by atoms with E-state index in [1.165, 1.54) is 18.2 Å². The summed E-state index contributed by atoms with van der Waals surface area (Å²) < 4.78 is 19.5. The highest BCUT2D eigenvalue weighted by Crippen LogP contribution is 2.31. The fraction of sp³-hybridized carbons (Fsp3) is 0. The zero-order valence-electron chi connectivity index (χ0n) is 9.58. The highest BCUT2D eigenvalue weighted by atomic mass is 79.9. The molecule has 2 rings (SSSR count). The third kappa shape index (κ3) is 3.05. The normalized spacial score (nSPS) is 10.3. The smallest absolute Gasteiger partial charge is 0.145 e. The summed E-state index contributed by atoms with van der Waals surface area (Å²) in [6.45, 7) is 0. The van der Waals surface area contributed by atoms with Crippen LogP contribution in [0.5, 0.6) is 11.5 Å². The third-order valence-corrected chi connectivity index (χ3v) is 3.33. The van der Waals surface area contributed by atoms with Gasteiger partial charge < -0.3 is 10.5 Å². The summed E-state index contributed by atoms with van der Waals surface area (Å²) in [4.78, 5) is 0. The molecule has 0 aromatic heterocycles. The average Bonchev–Trinajstić information content (AvgIpc) is 2.33. The van der Waals surface area contributed by atoms with Gasteiger partial charge in [-0.25, -0.2) is 4.39 Å². The van der Waals surface area contributed by atoms with Crippen LogP contribution in [0.4, 0.5) is 4.39 Å². The van der Waals surface area contributed by atoms with Gasteiger partial charge in [0.2, 0.25) is 0 Å².